The van der Waals surface area contributed by atoms with Crippen molar-refractivity contribution in [3.63, 3.8) is 0 Å². The highest BCUT2D eigenvalue weighted by Gasteiger charge is 2.13. The second-order valence-corrected chi connectivity index (χ2v) is 4.11. The highest BCUT2D eigenvalue weighted by atomic mass is 16.6. The van der Waals surface area contributed by atoms with Gasteiger partial charge in [0.2, 0.25) is 0 Å². The number of H-pyrrole nitrogens is 1. The van der Waals surface area contributed by atoms with Crippen LogP contribution in [-0.4, -0.2) is 14.9 Å². The summed E-state index contributed by atoms with van der Waals surface area (Å²) >= 11 is 0. The first-order valence-corrected chi connectivity index (χ1v) is 5.55. The third kappa shape index (κ3) is 2.48. The van der Waals surface area contributed by atoms with Gasteiger partial charge >= 0.3 is 0 Å². The van der Waals surface area contributed by atoms with E-state index in [2.05, 4.69) is 15.3 Å². The number of nitrogens with one attached hydrogen (secondary N) is 2. The van der Waals surface area contributed by atoms with Crippen molar-refractivity contribution < 1.29 is 4.92 Å². The highest BCUT2D eigenvalue weighted by Crippen LogP contribution is 2.25. The van der Waals surface area contributed by atoms with Crippen LogP contribution >= 0.6 is 0 Å². The molecule has 2 rings (SSSR count). The normalized spacial score (nSPS) is 10.3. The summed E-state index contributed by atoms with van der Waals surface area (Å²) in [5.41, 5.74) is 3.27. The number of nitro benzene ring substituents is 1. The van der Waals surface area contributed by atoms with Crippen molar-refractivity contribution in [2.45, 2.75) is 20.4 Å². The Kier molecular flexibility index (Phi) is 3.27. The Morgan fingerprint density at radius 3 is 2.83 bits per heavy atom. The molecule has 0 saturated heterocycles. The number of benzene rings is 1. The molecule has 0 radical (unpaired) electrons. The monoisotopic (exact) mass is 246 g/mol. The van der Waals surface area contributed by atoms with Crippen LogP contribution in [0.3, 0.4) is 0 Å². The van der Waals surface area contributed by atoms with E-state index in [0.717, 1.165) is 17.0 Å². The van der Waals surface area contributed by atoms with E-state index in [4.69, 9.17) is 0 Å². The molecule has 0 fully saturated rings. The van der Waals surface area contributed by atoms with Crippen LogP contribution in [0, 0.1) is 24.0 Å². The van der Waals surface area contributed by atoms with Gasteiger partial charge in [-0.05, 0) is 25.5 Å². The number of hydrogen-bond donors (Lipinski definition) is 2. The first-order chi connectivity index (χ1) is 8.58. The Morgan fingerprint density at radius 1 is 1.44 bits per heavy atom. The summed E-state index contributed by atoms with van der Waals surface area (Å²) in [6.45, 7) is 4.20. The highest BCUT2D eigenvalue weighted by molar-refractivity contribution is 5.62. The Balaban J connectivity index is 2.19. The first-order valence-electron chi connectivity index (χ1n) is 5.55. The minimum atomic E-state index is -0.382. The summed E-state index contributed by atoms with van der Waals surface area (Å²) in [6, 6.07) is 5.11. The maximum atomic E-state index is 10.9. The summed E-state index contributed by atoms with van der Waals surface area (Å²) in [5, 5.41) is 14.0. The Morgan fingerprint density at radius 2 is 2.22 bits per heavy atom. The molecule has 6 nitrogen and oxygen atoms in total. The molecule has 2 N–H and O–H groups in total. The molecule has 2 aromatic rings. The molecule has 0 aliphatic heterocycles. The molecule has 0 aliphatic carbocycles. The van der Waals surface area contributed by atoms with E-state index >= 15 is 0 Å². The lowest BCUT2D eigenvalue weighted by molar-refractivity contribution is -0.384. The van der Waals surface area contributed by atoms with Crippen LogP contribution in [-0.2, 0) is 6.54 Å². The number of aryl methyl sites for hydroxylation is 2. The Bertz CT molecular complexity index is 577. The molecule has 0 spiro atoms. The summed E-state index contributed by atoms with van der Waals surface area (Å²) in [5.74, 6) is 0. The first kappa shape index (κ1) is 12.1. The van der Waals surface area contributed by atoms with E-state index in [0.29, 0.717) is 12.2 Å². The number of hydrogen-bond acceptors (Lipinski definition) is 4. The van der Waals surface area contributed by atoms with Crippen LogP contribution in [0.5, 0.6) is 0 Å². The molecule has 0 aliphatic rings. The van der Waals surface area contributed by atoms with Gasteiger partial charge < -0.3 is 10.3 Å². The minimum absolute atomic E-state index is 0.0863. The molecule has 0 saturated carbocycles. The van der Waals surface area contributed by atoms with Gasteiger partial charge in [0.05, 0.1) is 23.5 Å². The van der Waals surface area contributed by atoms with Crippen molar-refractivity contribution >= 4 is 11.4 Å². The van der Waals surface area contributed by atoms with E-state index in [1.54, 1.807) is 18.5 Å². The predicted octanol–water partition coefficient (Wildman–Crippen LogP) is 2.55. The molecule has 0 bridgehead atoms. The van der Waals surface area contributed by atoms with Crippen LogP contribution in [0.2, 0.25) is 0 Å². The molecule has 94 valence electrons. The van der Waals surface area contributed by atoms with Gasteiger partial charge in [-0.15, -0.1) is 0 Å². The van der Waals surface area contributed by atoms with Gasteiger partial charge in [-0.3, -0.25) is 10.1 Å². The van der Waals surface area contributed by atoms with Gasteiger partial charge in [0.1, 0.15) is 5.69 Å². The van der Waals surface area contributed by atoms with Gasteiger partial charge in [0, 0.05) is 11.8 Å². The van der Waals surface area contributed by atoms with E-state index in [1.165, 1.54) is 0 Å². The SMILES string of the molecule is Cc1ccc(NCc2nc[nH]c2C)c([N+](=O)[O-])c1. The maximum Gasteiger partial charge on any atom is 0.292 e. The van der Waals surface area contributed by atoms with Crippen molar-refractivity contribution in [1.82, 2.24) is 9.97 Å². The van der Waals surface area contributed by atoms with Gasteiger partial charge in [-0.2, -0.15) is 0 Å². The van der Waals surface area contributed by atoms with Crippen LogP contribution < -0.4 is 5.32 Å². The number of nitrogens with zero attached hydrogens (tertiary/aromatic N) is 2. The number of nitro groups is 1. The van der Waals surface area contributed by atoms with Gasteiger partial charge in [0.25, 0.3) is 5.69 Å². The predicted molar refractivity (Wildman–Crippen MR) is 68.5 cm³/mol. The van der Waals surface area contributed by atoms with Gasteiger partial charge in [-0.25, -0.2) is 4.98 Å². The smallest absolute Gasteiger partial charge is 0.292 e. The molecule has 1 aromatic carbocycles. The Hall–Kier alpha value is -2.37. The topological polar surface area (TPSA) is 83.8 Å². The van der Waals surface area contributed by atoms with Gasteiger partial charge in [0.15, 0.2) is 0 Å². The number of imidazole rings is 1. The summed E-state index contributed by atoms with van der Waals surface area (Å²) in [6.07, 6.45) is 1.61. The lowest BCUT2D eigenvalue weighted by Crippen LogP contribution is -2.04. The fourth-order valence-electron chi connectivity index (χ4n) is 1.69. The summed E-state index contributed by atoms with van der Waals surface area (Å²) in [7, 11) is 0. The zero-order valence-corrected chi connectivity index (χ0v) is 10.2. The third-order valence-electron chi connectivity index (χ3n) is 2.73. The fourth-order valence-corrected chi connectivity index (χ4v) is 1.69. The summed E-state index contributed by atoms with van der Waals surface area (Å²) < 4.78 is 0. The molecular formula is C12H14N4O2. The van der Waals surface area contributed by atoms with Crippen molar-refractivity contribution in [3.05, 3.63) is 51.6 Å². The summed E-state index contributed by atoms with van der Waals surface area (Å²) in [4.78, 5) is 17.7. The third-order valence-corrected chi connectivity index (χ3v) is 2.73. The zero-order valence-electron chi connectivity index (χ0n) is 10.2. The maximum absolute atomic E-state index is 10.9. The average Bonchev–Trinajstić information content (AvgIpc) is 2.73. The van der Waals surface area contributed by atoms with Crippen molar-refractivity contribution in [2.75, 3.05) is 5.32 Å². The van der Waals surface area contributed by atoms with Crippen LogP contribution in [0.25, 0.3) is 0 Å². The van der Waals surface area contributed by atoms with E-state index in [9.17, 15) is 10.1 Å². The number of anilines is 1. The standard InChI is InChI=1S/C12H14N4O2/c1-8-3-4-10(12(5-8)16(17)18)13-6-11-9(2)14-7-15-11/h3-5,7,13H,6H2,1-2H3,(H,14,15). The minimum Gasteiger partial charge on any atom is -0.374 e. The fraction of sp³-hybridized carbons (Fsp3) is 0.250. The van der Waals surface area contributed by atoms with E-state index in [1.807, 2.05) is 19.9 Å². The number of aromatic nitrogens is 2. The number of aromatic amines is 1. The zero-order chi connectivity index (χ0) is 13.1. The van der Waals surface area contributed by atoms with Crippen LogP contribution in [0.1, 0.15) is 17.0 Å². The second-order valence-electron chi connectivity index (χ2n) is 4.11. The van der Waals surface area contributed by atoms with Crippen molar-refractivity contribution in [3.8, 4) is 0 Å². The van der Waals surface area contributed by atoms with Crippen molar-refractivity contribution in [1.29, 1.82) is 0 Å². The largest absolute Gasteiger partial charge is 0.374 e. The molecule has 0 unspecified atom stereocenters. The molecule has 0 atom stereocenters. The molecule has 6 heteroatoms. The average molecular weight is 246 g/mol. The quantitative estimate of drug-likeness (QED) is 0.641. The molecule has 1 aromatic heterocycles. The lowest BCUT2D eigenvalue weighted by Gasteiger charge is -2.06. The van der Waals surface area contributed by atoms with Gasteiger partial charge in [-0.1, -0.05) is 6.07 Å². The molecule has 18 heavy (non-hydrogen) atoms. The molecular weight excluding hydrogens is 232 g/mol. The van der Waals surface area contributed by atoms with E-state index < -0.39 is 0 Å². The van der Waals surface area contributed by atoms with Crippen molar-refractivity contribution in [2.24, 2.45) is 0 Å². The number of rotatable bonds is 4. The van der Waals surface area contributed by atoms with Crippen LogP contribution in [0.15, 0.2) is 24.5 Å². The molecule has 0 amide bonds. The molecule has 1 heterocycles. The van der Waals surface area contributed by atoms with E-state index in [-0.39, 0.29) is 10.6 Å². The lowest BCUT2D eigenvalue weighted by atomic mass is 10.2. The second kappa shape index (κ2) is 4.87. The van der Waals surface area contributed by atoms with Crippen LogP contribution in [0.4, 0.5) is 11.4 Å². The Labute approximate surface area is 104 Å².